The van der Waals surface area contributed by atoms with E-state index in [1.807, 2.05) is 0 Å². The van der Waals surface area contributed by atoms with Crippen LogP contribution < -0.4 is 0 Å². The van der Waals surface area contributed by atoms with Gasteiger partial charge in [0.25, 0.3) is 0 Å². The Morgan fingerprint density at radius 2 is 2.44 bits per heavy atom. The predicted molar refractivity (Wildman–Crippen MR) is 34.3 cm³/mol. The molecule has 0 aliphatic heterocycles. The SMILES string of the molecule is C=Cc1cc(F)ccn1. The molecular weight excluding hydrogens is 117 g/mol. The van der Waals surface area contributed by atoms with Crippen LogP contribution in [0.1, 0.15) is 5.69 Å². The fraction of sp³-hybridized carbons (Fsp3) is 0. The minimum atomic E-state index is -0.278. The fourth-order valence-electron chi connectivity index (χ4n) is 0.533. The zero-order valence-electron chi connectivity index (χ0n) is 4.84. The van der Waals surface area contributed by atoms with Crippen LogP contribution in [0.4, 0.5) is 4.39 Å². The Labute approximate surface area is 52.9 Å². The van der Waals surface area contributed by atoms with E-state index >= 15 is 0 Å². The number of hydrogen-bond acceptors (Lipinski definition) is 1. The molecule has 0 amide bonds. The van der Waals surface area contributed by atoms with Crippen molar-refractivity contribution in [3.63, 3.8) is 0 Å². The summed E-state index contributed by atoms with van der Waals surface area (Å²) in [6.07, 6.45) is 2.91. The lowest BCUT2D eigenvalue weighted by atomic mass is 10.3. The highest BCUT2D eigenvalue weighted by Crippen LogP contribution is 1.99. The number of halogens is 1. The van der Waals surface area contributed by atoms with E-state index in [2.05, 4.69) is 11.6 Å². The molecule has 0 aliphatic rings. The van der Waals surface area contributed by atoms with Gasteiger partial charge in [-0.2, -0.15) is 0 Å². The lowest BCUT2D eigenvalue weighted by Crippen LogP contribution is -1.79. The molecule has 1 heterocycles. The van der Waals surface area contributed by atoms with E-state index in [4.69, 9.17) is 0 Å². The Kier molecular flexibility index (Phi) is 1.58. The monoisotopic (exact) mass is 123 g/mol. The second-order valence-corrected chi connectivity index (χ2v) is 1.60. The molecule has 0 N–H and O–H groups in total. The molecule has 9 heavy (non-hydrogen) atoms. The number of pyridine rings is 1. The largest absolute Gasteiger partial charge is 0.257 e. The Morgan fingerprint density at radius 1 is 1.67 bits per heavy atom. The third kappa shape index (κ3) is 1.35. The molecule has 0 saturated carbocycles. The highest BCUT2D eigenvalue weighted by molar-refractivity contribution is 5.40. The first-order chi connectivity index (χ1) is 4.33. The molecular formula is C7H6FN. The van der Waals surface area contributed by atoms with Gasteiger partial charge in [-0.05, 0) is 18.2 Å². The van der Waals surface area contributed by atoms with Gasteiger partial charge < -0.3 is 0 Å². The van der Waals surface area contributed by atoms with Gasteiger partial charge in [-0.1, -0.05) is 6.58 Å². The summed E-state index contributed by atoms with van der Waals surface area (Å²) < 4.78 is 12.3. The van der Waals surface area contributed by atoms with Gasteiger partial charge in [0, 0.05) is 6.20 Å². The Balaban J connectivity index is 3.07. The number of hydrogen-bond donors (Lipinski definition) is 0. The molecule has 0 radical (unpaired) electrons. The molecule has 1 nitrogen and oxygen atoms in total. The van der Waals surface area contributed by atoms with E-state index in [1.54, 1.807) is 0 Å². The van der Waals surface area contributed by atoms with Gasteiger partial charge in [0.15, 0.2) is 0 Å². The molecule has 0 bridgehead atoms. The second-order valence-electron chi connectivity index (χ2n) is 1.60. The van der Waals surface area contributed by atoms with E-state index < -0.39 is 0 Å². The van der Waals surface area contributed by atoms with E-state index in [0.717, 1.165) is 0 Å². The molecule has 0 aliphatic carbocycles. The van der Waals surface area contributed by atoms with Crippen molar-refractivity contribution in [1.82, 2.24) is 4.98 Å². The average molecular weight is 123 g/mol. The minimum absolute atomic E-state index is 0.278. The quantitative estimate of drug-likeness (QED) is 0.555. The lowest BCUT2D eigenvalue weighted by molar-refractivity contribution is 0.625. The molecule has 46 valence electrons. The number of rotatable bonds is 1. The fourth-order valence-corrected chi connectivity index (χ4v) is 0.533. The highest BCUT2D eigenvalue weighted by Gasteiger charge is 1.88. The maximum atomic E-state index is 12.3. The van der Waals surface area contributed by atoms with Gasteiger partial charge in [0.1, 0.15) is 5.82 Å². The first-order valence-corrected chi connectivity index (χ1v) is 2.57. The maximum absolute atomic E-state index is 12.3. The Hall–Kier alpha value is -1.18. The van der Waals surface area contributed by atoms with Crippen LogP contribution in [0.3, 0.4) is 0 Å². The zero-order valence-corrected chi connectivity index (χ0v) is 4.84. The summed E-state index contributed by atoms with van der Waals surface area (Å²) in [4.78, 5) is 3.80. The zero-order chi connectivity index (χ0) is 6.69. The van der Waals surface area contributed by atoms with Crippen LogP contribution in [0.2, 0.25) is 0 Å². The maximum Gasteiger partial charge on any atom is 0.126 e. The summed E-state index contributed by atoms with van der Waals surface area (Å²) in [7, 11) is 0. The van der Waals surface area contributed by atoms with E-state index in [-0.39, 0.29) is 5.82 Å². The van der Waals surface area contributed by atoms with Crippen LogP contribution in [0, 0.1) is 5.82 Å². The molecule has 0 fully saturated rings. The molecule has 2 heteroatoms. The number of aromatic nitrogens is 1. The van der Waals surface area contributed by atoms with Crippen molar-refractivity contribution in [2.45, 2.75) is 0 Å². The van der Waals surface area contributed by atoms with Gasteiger partial charge in [-0.25, -0.2) is 4.39 Å². The van der Waals surface area contributed by atoms with E-state index in [9.17, 15) is 4.39 Å². The summed E-state index contributed by atoms with van der Waals surface area (Å²) in [5.74, 6) is -0.278. The van der Waals surface area contributed by atoms with Gasteiger partial charge in [-0.15, -0.1) is 0 Å². The van der Waals surface area contributed by atoms with Crippen LogP contribution in [-0.4, -0.2) is 4.98 Å². The Morgan fingerprint density at radius 3 is 2.89 bits per heavy atom. The summed E-state index contributed by atoms with van der Waals surface area (Å²) >= 11 is 0. The molecule has 0 aromatic carbocycles. The summed E-state index contributed by atoms with van der Waals surface area (Å²) in [5, 5.41) is 0. The van der Waals surface area contributed by atoms with Crippen molar-refractivity contribution in [2.24, 2.45) is 0 Å². The number of nitrogens with zero attached hydrogens (tertiary/aromatic N) is 1. The Bertz CT molecular complexity index is 220. The third-order valence-corrected chi connectivity index (χ3v) is 0.952. The molecule has 0 atom stereocenters. The molecule has 0 spiro atoms. The van der Waals surface area contributed by atoms with Crippen molar-refractivity contribution in [3.05, 3.63) is 36.4 Å². The summed E-state index contributed by atoms with van der Waals surface area (Å²) in [6, 6.07) is 2.62. The van der Waals surface area contributed by atoms with Crippen molar-refractivity contribution in [1.29, 1.82) is 0 Å². The minimum Gasteiger partial charge on any atom is -0.257 e. The summed E-state index contributed by atoms with van der Waals surface area (Å²) in [5.41, 5.74) is 0.565. The first kappa shape index (κ1) is 5.95. The predicted octanol–water partition coefficient (Wildman–Crippen LogP) is 1.86. The highest BCUT2D eigenvalue weighted by atomic mass is 19.1. The molecule has 1 rings (SSSR count). The van der Waals surface area contributed by atoms with Gasteiger partial charge in [0.2, 0.25) is 0 Å². The van der Waals surface area contributed by atoms with Gasteiger partial charge in [0.05, 0.1) is 5.69 Å². The van der Waals surface area contributed by atoms with Crippen LogP contribution in [-0.2, 0) is 0 Å². The molecule has 1 aromatic heterocycles. The topological polar surface area (TPSA) is 12.9 Å². The average Bonchev–Trinajstić information content (AvgIpc) is 1.88. The van der Waals surface area contributed by atoms with Crippen LogP contribution in [0.25, 0.3) is 6.08 Å². The van der Waals surface area contributed by atoms with Crippen molar-refractivity contribution >= 4 is 6.08 Å². The van der Waals surface area contributed by atoms with Crippen molar-refractivity contribution in [2.75, 3.05) is 0 Å². The van der Waals surface area contributed by atoms with Crippen molar-refractivity contribution < 1.29 is 4.39 Å². The second kappa shape index (κ2) is 2.40. The van der Waals surface area contributed by atoms with E-state index in [1.165, 1.54) is 24.4 Å². The standard InChI is InChI=1S/C7H6FN/c1-2-7-5-6(8)3-4-9-7/h2-5H,1H2. The van der Waals surface area contributed by atoms with Crippen LogP contribution in [0.15, 0.2) is 24.9 Å². The van der Waals surface area contributed by atoms with Gasteiger partial charge >= 0.3 is 0 Å². The lowest BCUT2D eigenvalue weighted by Gasteiger charge is -1.88. The normalized spacial score (nSPS) is 9.00. The summed E-state index contributed by atoms with van der Waals surface area (Å²) in [6.45, 7) is 3.44. The molecule has 0 saturated heterocycles. The van der Waals surface area contributed by atoms with Crippen LogP contribution >= 0.6 is 0 Å². The van der Waals surface area contributed by atoms with Gasteiger partial charge in [-0.3, -0.25) is 4.98 Å². The van der Waals surface area contributed by atoms with E-state index in [0.29, 0.717) is 5.69 Å². The first-order valence-electron chi connectivity index (χ1n) is 2.57. The van der Waals surface area contributed by atoms with Crippen LogP contribution in [0.5, 0.6) is 0 Å². The molecule has 0 unspecified atom stereocenters. The third-order valence-electron chi connectivity index (χ3n) is 0.952. The smallest absolute Gasteiger partial charge is 0.126 e. The van der Waals surface area contributed by atoms with Crippen molar-refractivity contribution in [3.8, 4) is 0 Å². The molecule has 1 aromatic rings.